The molecule has 5 heteroatoms. The van der Waals surface area contributed by atoms with E-state index in [-0.39, 0.29) is 11.3 Å². The van der Waals surface area contributed by atoms with Crippen molar-refractivity contribution in [2.75, 3.05) is 5.32 Å². The zero-order chi connectivity index (χ0) is 14.8. The van der Waals surface area contributed by atoms with Crippen molar-refractivity contribution in [3.05, 3.63) is 28.2 Å². The van der Waals surface area contributed by atoms with E-state index in [9.17, 15) is 4.79 Å². The number of anilines is 1. The largest absolute Gasteiger partial charge is 0.389 e. The highest BCUT2D eigenvalue weighted by molar-refractivity contribution is 9.10. The summed E-state index contributed by atoms with van der Waals surface area (Å²) in [6, 6.07) is 5.55. The summed E-state index contributed by atoms with van der Waals surface area (Å²) in [5.41, 5.74) is 6.90. The molecule has 1 fully saturated rings. The zero-order valence-corrected chi connectivity index (χ0v) is 13.9. The SMILES string of the molecule is CCC1(C(=O)Nc2cc(Br)ccc2C(N)=S)CCCC1. The summed E-state index contributed by atoms with van der Waals surface area (Å²) in [5.74, 6) is 0.0908. The fraction of sp³-hybridized carbons (Fsp3) is 0.467. The molecule has 3 nitrogen and oxygen atoms in total. The summed E-state index contributed by atoms with van der Waals surface area (Å²) in [6.07, 6.45) is 5.05. The molecule has 108 valence electrons. The first-order chi connectivity index (χ1) is 9.48. The van der Waals surface area contributed by atoms with Crippen LogP contribution in [0.3, 0.4) is 0 Å². The summed E-state index contributed by atoms with van der Waals surface area (Å²) in [4.78, 5) is 12.9. The molecule has 2 rings (SSSR count). The van der Waals surface area contributed by atoms with Gasteiger partial charge in [-0.1, -0.05) is 47.9 Å². The Balaban J connectivity index is 2.27. The highest BCUT2D eigenvalue weighted by Crippen LogP contribution is 2.42. The van der Waals surface area contributed by atoms with Crippen LogP contribution in [0.25, 0.3) is 0 Å². The quantitative estimate of drug-likeness (QED) is 0.803. The molecule has 1 saturated carbocycles. The Morgan fingerprint density at radius 3 is 2.65 bits per heavy atom. The molecule has 1 aliphatic rings. The van der Waals surface area contributed by atoms with E-state index >= 15 is 0 Å². The van der Waals surface area contributed by atoms with Gasteiger partial charge in [-0.25, -0.2) is 0 Å². The maximum atomic E-state index is 12.6. The maximum absolute atomic E-state index is 12.6. The number of thiocarbonyl (C=S) groups is 1. The van der Waals surface area contributed by atoms with Crippen LogP contribution in [0, 0.1) is 5.41 Å². The number of hydrogen-bond donors (Lipinski definition) is 2. The molecule has 0 saturated heterocycles. The molecule has 3 N–H and O–H groups in total. The molecular formula is C15H19BrN2OS. The van der Waals surface area contributed by atoms with Crippen molar-refractivity contribution >= 4 is 44.7 Å². The molecule has 0 radical (unpaired) electrons. The number of amides is 1. The summed E-state index contributed by atoms with van der Waals surface area (Å²) in [6.45, 7) is 2.08. The number of carbonyl (C=O) groups is 1. The number of nitrogens with two attached hydrogens (primary N) is 1. The molecule has 1 aromatic carbocycles. The van der Waals surface area contributed by atoms with Gasteiger partial charge in [-0.05, 0) is 37.5 Å². The number of benzene rings is 1. The average molecular weight is 355 g/mol. The van der Waals surface area contributed by atoms with E-state index < -0.39 is 0 Å². The van der Waals surface area contributed by atoms with Crippen LogP contribution in [-0.4, -0.2) is 10.9 Å². The van der Waals surface area contributed by atoms with Gasteiger partial charge in [-0.2, -0.15) is 0 Å². The molecule has 20 heavy (non-hydrogen) atoms. The number of hydrogen-bond acceptors (Lipinski definition) is 2. The van der Waals surface area contributed by atoms with Crippen LogP contribution in [0.1, 0.15) is 44.6 Å². The molecule has 1 aromatic rings. The molecule has 0 aliphatic heterocycles. The maximum Gasteiger partial charge on any atom is 0.230 e. The Hall–Kier alpha value is -0.940. The van der Waals surface area contributed by atoms with E-state index in [4.69, 9.17) is 18.0 Å². The van der Waals surface area contributed by atoms with Crippen molar-refractivity contribution in [1.29, 1.82) is 0 Å². The van der Waals surface area contributed by atoms with Gasteiger partial charge in [0.05, 0.1) is 5.69 Å². The zero-order valence-electron chi connectivity index (χ0n) is 11.5. The first kappa shape index (κ1) is 15.4. The van der Waals surface area contributed by atoms with Crippen LogP contribution >= 0.6 is 28.1 Å². The van der Waals surface area contributed by atoms with Crippen LogP contribution < -0.4 is 11.1 Å². The van der Waals surface area contributed by atoms with Crippen LogP contribution in [0.5, 0.6) is 0 Å². The fourth-order valence-electron chi connectivity index (χ4n) is 2.88. The molecule has 0 heterocycles. The van der Waals surface area contributed by atoms with Crippen LogP contribution in [0.4, 0.5) is 5.69 Å². The van der Waals surface area contributed by atoms with Gasteiger partial charge in [0.1, 0.15) is 4.99 Å². The minimum absolute atomic E-state index is 0.0908. The van der Waals surface area contributed by atoms with Gasteiger partial charge in [0.2, 0.25) is 5.91 Å². The minimum atomic E-state index is -0.226. The van der Waals surface area contributed by atoms with E-state index in [0.29, 0.717) is 16.2 Å². The third-order valence-corrected chi connectivity index (χ3v) is 4.93. The molecule has 0 aromatic heterocycles. The minimum Gasteiger partial charge on any atom is -0.389 e. The van der Waals surface area contributed by atoms with E-state index in [1.54, 1.807) is 0 Å². The molecule has 0 unspecified atom stereocenters. The van der Waals surface area contributed by atoms with Gasteiger partial charge in [0.15, 0.2) is 0 Å². The van der Waals surface area contributed by atoms with Gasteiger partial charge in [0.25, 0.3) is 0 Å². The van der Waals surface area contributed by atoms with E-state index in [0.717, 1.165) is 36.6 Å². The summed E-state index contributed by atoms with van der Waals surface area (Å²) in [7, 11) is 0. The normalized spacial score (nSPS) is 16.9. The van der Waals surface area contributed by atoms with Gasteiger partial charge >= 0.3 is 0 Å². The third-order valence-electron chi connectivity index (χ3n) is 4.21. The van der Waals surface area contributed by atoms with Crippen molar-refractivity contribution in [2.24, 2.45) is 11.1 Å². The van der Waals surface area contributed by atoms with Gasteiger partial charge in [-0.3, -0.25) is 4.79 Å². The van der Waals surface area contributed by atoms with Crippen LogP contribution in [-0.2, 0) is 4.79 Å². The van der Waals surface area contributed by atoms with Gasteiger partial charge < -0.3 is 11.1 Å². The molecular weight excluding hydrogens is 336 g/mol. The van der Waals surface area contributed by atoms with Crippen LogP contribution in [0.15, 0.2) is 22.7 Å². The topological polar surface area (TPSA) is 55.1 Å². The number of nitrogens with one attached hydrogen (secondary N) is 1. The van der Waals surface area contributed by atoms with E-state index in [1.807, 2.05) is 18.2 Å². The second-order valence-corrected chi connectivity index (χ2v) is 6.70. The lowest BCUT2D eigenvalue weighted by atomic mass is 9.82. The van der Waals surface area contributed by atoms with E-state index in [1.165, 1.54) is 0 Å². The Bertz CT molecular complexity index is 539. The van der Waals surface area contributed by atoms with Crippen molar-refractivity contribution in [2.45, 2.75) is 39.0 Å². The summed E-state index contributed by atoms with van der Waals surface area (Å²) >= 11 is 8.46. The standard InChI is InChI=1S/C15H19BrN2OS/c1-2-15(7-3-4-8-15)14(19)18-12-9-10(16)5-6-11(12)13(17)20/h5-6,9H,2-4,7-8H2,1H3,(H2,17,20)(H,18,19). The Kier molecular flexibility index (Phi) is 4.81. The Morgan fingerprint density at radius 2 is 2.10 bits per heavy atom. The first-order valence-corrected chi connectivity index (χ1v) is 8.09. The summed E-state index contributed by atoms with van der Waals surface area (Å²) in [5, 5.41) is 3.03. The number of halogens is 1. The lowest BCUT2D eigenvalue weighted by molar-refractivity contribution is -0.125. The monoisotopic (exact) mass is 354 g/mol. The second-order valence-electron chi connectivity index (χ2n) is 5.35. The number of carbonyl (C=O) groups excluding carboxylic acids is 1. The number of rotatable bonds is 4. The Labute approximate surface area is 133 Å². The predicted octanol–water partition coefficient (Wildman–Crippen LogP) is 3.99. The summed E-state index contributed by atoms with van der Waals surface area (Å²) < 4.78 is 0.893. The molecule has 0 atom stereocenters. The smallest absolute Gasteiger partial charge is 0.230 e. The van der Waals surface area contributed by atoms with Gasteiger partial charge in [-0.15, -0.1) is 0 Å². The highest BCUT2D eigenvalue weighted by Gasteiger charge is 2.39. The second kappa shape index (κ2) is 6.22. The van der Waals surface area contributed by atoms with Crippen molar-refractivity contribution < 1.29 is 4.79 Å². The molecule has 1 amide bonds. The highest BCUT2D eigenvalue weighted by atomic mass is 79.9. The molecule has 0 spiro atoms. The third kappa shape index (κ3) is 3.04. The fourth-order valence-corrected chi connectivity index (χ4v) is 3.42. The van der Waals surface area contributed by atoms with E-state index in [2.05, 4.69) is 28.2 Å². The Morgan fingerprint density at radius 1 is 1.45 bits per heavy atom. The lowest BCUT2D eigenvalue weighted by Gasteiger charge is -2.26. The van der Waals surface area contributed by atoms with Crippen molar-refractivity contribution in [3.63, 3.8) is 0 Å². The molecule has 0 bridgehead atoms. The average Bonchev–Trinajstić information content (AvgIpc) is 2.88. The lowest BCUT2D eigenvalue weighted by Crippen LogP contribution is -2.33. The predicted molar refractivity (Wildman–Crippen MR) is 89.9 cm³/mol. The van der Waals surface area contributed by atoms with Crippen molar-refractivity contribution in [1.82, 2.24) is 0 Å². The first-order valence-electron chi connectivity index (χ1n) is 6.89. The van der Waals surface area contributed by atoms with Crippen molar-refractivity contribution in [3.8, 4) is 0 Å². The van der Waals surface area contributed by atoms with Crippen LogP contribution in [0.2, 0.25) is 0 Å². The molecule has 1 aliphatic carbocycles. The van der Waals surface area contributed by atoms with Gasteiger partial charge in [0, 0.05) is 15.5 Å².